The van der Waals surface area contributed by atoms with Crippen molar-refractivity contribution in [1.29, 1.82) is 0 Å². The molecule has 0 radical (unpaired) electrons. The van der Waals surface area contributed by atoms with Gasteiger partial charge >= 0.3 is 11.9 Å². The number of carbonyl (C=O) groups is 2. The molecule has 0 aromatic carbocycles. The number of hydrogen-bond donors (Lipinski definition) is 1. The number of hydrogen-bond acceptors (Lipinski definition) is 4. The van der Waals surface area contributed by atoms with Gasteiger partial charge in [0.05, 0.1) is 7.11 Å². The van der Waals surface area contributed by atoms with E-state index in [4.69, 9.17) is 0 Å². The van der Waals surface area contributed by atoms with E-state index in [1.807, 2.05) is 18.7 Å². The van der Waals surface area contributed by atoms with Gasteiger partial charge in [0.25, 0.3) is 0 Å². The predicted molar refractivity (Wildman–Crippen MR) is 64.8 cm³/mol. The second-order valence-corrected chi connectivity index (χ2v) is 4.00. The highest BCUT2D eigenvalue weighted by molar-refractivity contribution is 5.75. The van der Waals surface area contributed by atoms with E-state index in [2.05, 4.69) is 4.74 Å². The maximum atomic E-state index is 11.2. The Balaban J connectivity index is 4.44. The molecule has 5 nitrogen and oxygen atoms in total. The minimum absolute atomic E-state index is 0.150. The molecule has 17 heavy (non-hydrogen) atoms. The van der Waals surface area contributed by atoms with Crippen molar-refractivity contribution in [3.05, 3.63) is 0 Å². The minimum Gasteiger partial charge on any atom is -0.480 e. The van der Waals surface area contributed by atoms with Crippen LogP contribution in [-0.2, 0) is 14.3 Å². The lowest BCUT2D eigenvalue weighted by Gasteiger charge is -2.27. The zero-order chi connectivity index (χ0) is 13.3. The van der Waals surface area contributed by atoms with Crippen LogP contribution in [0.3, 0.4) is 0 Å². The Morgan fingerprint density at radius 1 is 1.24 bits per heavy atom. The van der Waals surface area contributed by atoms with Crippen molar-refractivity contribution < 1.29 is 19.4 Å². The van der Waals surface area contributed by atoms with Crippen LogP contribution in [0.25, 0.3) is 0 Å². The van der Waals surface area contributed by atoms with Crippen LogP contribution < -0.4 is 0 Å². The molecule has 1 atom stereocenters. The number of nitrogens with zero attached hydrogens (tertiary/aromatic N) is 1. The van der Waals surface area contributed by atoms with E-state index in [1.165, 1.54) is 7.11 Å². The van der Waals surface area contributed by atoms with Gasteiger partial charge in [0.2, 0.25) is 0 Å². The zero-order valence-electron chi connectivity index (χ0n) is 10.9. The highest BCUT2D eigenvalue weighted by Gasteiger charge is 2.25. The van der Waals surface area contributed by atoms with Crippen LogP contribution in [0.2, 0.25) is 0 Å². The summed E-state index contributed by atoms with van der Waals surface area (Å²) in [5, 5.41) is 9.19. The van der Waals surface area contributed by atoms with E-state index in [9.17, 15) is 14.7 Å². The maximum Gasteiger partial charge on any atom is 0.320 e. The fourth-order valence-electron chi connectivity index (χ4n) is 1.82. The number of aliphatic carboxylic acids is 1. The number of carbonyl (C=O) groups excluding carboxylic acids is 1. The predicted octanol–water partition coefficient (Wildman–Crippen LogP) is 1.51. The summed E-state index contributed by atoms with van der Waals surface area (Å²) in [5.41, 5.74) is 0. The lowest BCUT2D eigenvalue weighted by Crippen LogP contribution is -2.42. The van der Waals surface area contributed by atoms with Gasteiger partial charge < -0.3 is 9.84 Å². The Kier molecular flexibility index (Phi) is 8.40. The Hall–Kier alpha value is -1.10. The molecule has 0 amide bonds. The third kappa shape index (κ3) is 6.26. The molecular weight excluding hydrogens is 222 g/mol. The summed E-state index contributed by atoms with van der Waals surface area (Å²) in [6.45, 7) is 5.52. The fraction of sp³-hybridized carbons (Fsp3) is 0.833. The van der Waals surface area contributed by atoms with Crippen LogP contribution in [0.5, 0.6) is 0 Å². The second kappa shape index (κ2) is 8.98. The SMILES string of the molecule is CCCN(CCC)C(CCC(=O)OC)C(=O)O. The number of methoxy groups -OCH3 is 1. The van der Waals surface area contributed by atoms with E-state index in [-0.39, 0.29) is 12.4 Å². The lowest BCUT2D eigenvalue weighted by atomic mass is 10.1. The van der Waals surface area contributed by atoms with Crippen molar-refractivity contribution in [2.75, 3.05) is 20.2 Å². The molecule has 0 bridgehead atoms. The Morgan fingerprint density at radius 2 is 1.76 bits per heavy atom. The molecular formula is C12H23NO4. The van der Waals surface area contributed by atoms with E-state index in [0.717, 1.165) is 25.9 Å². The standard InChI is InChI=1S/C12H23NO4/c1-4-8-13(9-5-2)10(12(15)16)6-7-11(14)17-3/h10H,4-9H2,1-3H3,(H,15,16). The van der Waals surface area contributed by atoms with Crippen LogP contribution in [-0.4, -0.2) is 48.2 Å². The van der Waals surface area contributed by atoms with Crippen molar-refractivity contribution >= 4 is 11.9 Å². The van der Waals surface area contributed by atoms with Gasteiger partial charge in [-0.15, -0.1) is 0 Å². The third-order valence-electron chi connectivity index (χ3n) is 2.60. The molecule has 0 rings (SSSR count). The van der Waals surface area contributed by atoms with Crippen LogP contribution in [0.4, 0.5) is 0 Å². The largest absolute Gasteiger partial charge is 0.480 e. The average Bonchev–Trinajstić information content (AvgIpc) is 2.29. The molecule has 0 aromatic heterocycles. The van der Waals surface area contributed by atoms with E-state index >= 15 is 0 Å². The summed E-state index contributed by atoms with van der Waals surface area (Å²) in [4.78, 5) is 24.2. The normalized spacial score (nSPS) is 12.5. The molecule has 1 N–H and O–H groups in total. The molecule has 0 saturated carbocycles. The monoisotopic (exact) mass is 245 g/mol. The van der Waals surface area contributed by atoms with Crippen LogP contribution in [0.1, 0.15) is 39.5 Å². The van der Waals surface area contributed by atoms with Crippen LogP contribution in [0.15, 0.2) is 0 Å². The smallest absolute Gasteiger partial charge is 0.320 e. The quantitative estimate of drug-likeness (QED) is 0.624. The molecule has 1 unspecified atom stereocenters. The minimum atomic E-state index is -0.865. The molecule has 0 fully saturated rings. The number of esters is 1. The summed E-state index contributed by atoms with van der Waals surface area (Å²) >= 11 is 0. The van der Waals surface area contributed by atoms with Crippen molar-refractivity contribution in [2.45, 2.75) is 45.6 Å². The topological polar surface area (TPSA) is 66.8 Å². The first-order valence-corrected chi connectivity index (χ1v) is 6.10. The van der Waals surface area contributed by atoms with E-state index in [0.29, 0.717) is 6.42 Å². The van der Waals surface area contributed by atoms with Gasteiger partial charge in [0.15, 0.2) is 0 Å². The first kappa shape index (κ1) is 15.9. The number of carboxylic acid groups (broad SMARTS) is 1. The van der Waals surface area contributed by atoms with Crippen LogP contribution >= 0.6 is 0 Å². The fourth-order valence-corrected chi connectivity index (χ4v) is 1.82. The number of rotatable bonds is 9. The molecule has 0 spiro atoms. The molecule has 0 heterocycles. The number of ether oxygens (including phenoxy) is 1. The summed E-state index contributed by atoms with van der Waals surface area (Å²) < 4.78 is 4.53. The van der Waals surface area contributed by atoms with Crippen molar-refractivity contribution in [3.8, 4) is 0 Å². The van der Waals surface area contributed by atoms with Gasteiger partial charge in [-0.3, -0.25) is 14.5 Å². The average molecular weight is 245 g/mol. The lowest BCUT2D eigenvalue weighted by molar-refractivity contribution is -0.145. The zero-order valence-corrected chi connectivity index (χ0v) is 10.9. The molecule has 0 aliphatic heterocycles. The van der Waals surface area contributed by atoms with E-state index in [1.54, 1.807) is 0 Å². The third-order valence-corrected chi connectivity index (χ3v) is 2.60. The molecule has 100 valence electrons. The molecule has 5 heteroatoms. The summed E-state index contributed by atoms with van der Waals surface area (Å²) in [6.07, 6.45) is 2.27. The Labute approximate surface area is 103 Å². The van der Waals surface area contributed by atoms with Gasteiger partial charge in [0, 0.05) is 6.42 Å². The summed E-state index contributed by atoms with van der Waals surface area (Å²) in [7, 11) is 1.31. The number of carboxylic acids is 1. The van der Waals surface area contributed by atoms with Crippen LogP contribution in [0, 0.1) is 0 Å². The first-order chi connectivity index (χ1) is 8.06. The van der Waals surface area contributed by atoms with Crippen molar-refractivity contribution in [2.24, 2.45) is 0 Å². The summed E-state index contributed by atoms with van der Waals surface area (Å²) in [5.74, 6) is -1.22. The van der Waals surface area contributed by atoms with Gasteiger partial charge in [0.1, 0.15) is 6.04 Å². The second-order valence-electron chi connectivity index (χ2n) is 4.00. The van der Waals surface area contributed by atoms with Gasteiger partial charge in [-0.2, -0.15) is 0 Å². The summed E-state index contributed by atoms with van der Waals surface area (Å²) in [6, 6.07) is -0.589. The Morgan fingerprint density at radius 3 is 2.12 bits per heavy atom. The van der Waals surface area contributed by atoms with Gasteiger partial charge in [-0.05, 0) is 32.4 Å². The molecule has 0 saturated heterocycles. The molecule has 0 aliphatic carbocycles. The van der Waals surface area contributed by atoms with E-state index < -0.39 is 12.0 Å². The maximum absolute atomic E-state index is 11.2. The van der Waals surface area contributed by atoms with Crippen molar-refractivity contribution in [3.63, 3.8) is 0 Å². The molecule has 0 aliphatic rings. The van der Waals surface area contributed by atoms with Gasteiger partial charge in [-0.1, -0.05) is 13.8 Å². The van der Waals surface area contributed by atoms with Gasteiger partial charge in [-0.25, -0.2) is 0 Å². The Bertz CT molecular complexity index is 237. The molecule has 0 aromatic rings. The first-order valence-electron chi connectivity index (χ1n) is 6.10. The van der Waals surface area contributed by atoms with Crippen molar-refractivity contribution in [1.82, 2.24) is 4.90 Å². The highest BCUT2D eigenvalue weighted by Crippen LogP contribution is 2.10. The highest BCUT2D eigenvalue weighted by atomic mass is 16.5.